The highest BCUT2D eigenvalue weighted by atomic mass is 16.5. The van der Waals surface area contributed by atoms with E-state index in [9.17, 15) is 0 Å². The molecule has 1 fully saturated rings. The molecule has 2 atom stereocenters. The first-order valence-electron chi connectivity index (χ1n) is 7.44. The van der Waals surface area contributed by atoms with E-state index >= 15 is 0 Å². The van der Waals surface area contributed by atoms with Crippen molar-refractivity contribution in [3.63, 3.8) is 0 Å². The largest absolute Gasteiger partial charge is 0.379 e. The lowest BCUT2D eigenvalue weighted by Crippen LogP contribution is -2.45. The van der Waals surface area contributed by atoms with Crippen molar-refractivity contribution >= 4 is 0 Å². The predicted octanol–water partition coefficient (Wildman–Crippen LogP) is 1.64. The first kappa shape index (κ1) is 13.1. The van der Waals surface area contributed by atoms with Crippen LogP contribution >= 0.6 is 0 Å². The summed E-state index contributed by atoms with van der Waals surface area (Å²) in [6.45, 7) is 8.49. The van der Waals surface area contributed by atoms with Crippen LogP contribution in [0.5, 0.6) is 0 Å². The fraction of sp³-hybridized carbons (Fsp3) is 0.625. The molecular formula is C16H24N2O. The van der Waals surface area contributed by atoms with Gasteiger partial charge < -0.3 is 10.1 Å². The van der Waals surface area contributed by atoms with Gasteiger partial charge in [0.25, 0.3) is 0 Å². The van der Waals surface area contributed by atoms with E-state index in [1.54, 1.807) is 5.56 Å². The van der Waals surface area contributed by atoms with Crippen LogP contribution in [0.2, 0.25) is 0 Å². The van der Waals surface area contributed by atoms with E-state index in [1.807, 2.05) is 0 Å². The van der Waals surface area contributed by atoms with Crippen molar-refractivity contribution in [3.8, 4) is 0 Å². The third-order valence-corrected chi connectivity index (χ3v) is 4.31. The number of fused-ring (bicyclic) bond motifs is 1. The van der Waals surface area contributed by atoms with Crippen molar-refractivity contribution in [2.24, 2.45) is 0 Å². The Labute approximate surface area is 115 Å². The second-order valence-electron chi connectivity index (χ2n) is 5.82. The van der Waals surface area contributed by atoms with Gasteiger partial charge in [0.15, 0.2) is 0 Å². The molecule has 1 aromatic rings. The Balaban J connectivity index is 1.41. The number of nitrogens with one attached hydrogen (secondary N) is 1. The van der Waals surface area contributed by atoms with Gasteiger partial charge in [0.05, 0.1) is 13.2 Å². The van der Waals surface area contributed by atoms with E-state index in [-0.39, 0.29) is 0 Å². The van der Waals surface area contributed by atoms with Gasteiger partial charge in [-0.05, 0) is 24.5 Å². The summed E-state index contributed by atoms with van der Waals surface area (Å²) in [5.74, 6) is 0.725. The maximum atomic E-state index is 5.38. The van der Waals surface area contributed by atoms with Crippen LogP contribution in [-0.4, -0.2) is 50.3 Å². The molecule has 0 saturated carbocycles. The second kappa shape index (κ2) is 6.04. The molecule has 2 unspecified atom stereocenters. The molecule has 1 aliphatic carbocycles. The Hall–Kier alpha value is -0.900. The monoisotopic (exact) mass is 260 g/mol. The lowest BCUT2D eigenvalue weighted by Gasteiger charge is -2.33. The Morgan fingerprint density at radius 3 is 2.89 bits per heavy atom. The normalized spacial score (nSPS) is 24.6. The molecule has 1 saturated heterocycles. The summed E-state index contributed by atoms with van der Waals surface area (Å²) in [4.78, 5) is 2.50. The number of rotatable bonds is 5. The van der Waals surface area contributed by atoms with Gasteiger partial charge in [0.1, 0.15) is 0 Å². The van der Waals surface area contributed by atoms with Gasteiger partial charge >= 0.3 is 0 Å². The minimum atomic E-state index is 0.561. The van der Waals surface area contributed by atoms with Gasteiger partial charge in [-0.25, -0.2) is 0 Å². The molecule has 104 valence electrons. The van der Waals surface area contributed by atoms with Gasteiger partial charge in [0, 0.05) is 38.1 Å². The van der Waals surface area contributed by atoms with Gasteiger partial charge in [-0.2, -0.15) is 0 Å². The van der Waals surface area contributed by atoms with Crippen molar-refractivity contribution in [2.75, 3.05) is 39.4 Å². The molecule has 1 aromatic carbocycles. The molecule has 2 aliphatic rings. The quantitative estimate of drug-likeness (QED) is 0.871. The minimum Gasteiger partial charge on any atom is -0.379 e. The molecule has 0 spiro atoms. The lowest BCUT2D eigenvalue weighted by molar-refractivity contribution is 0.0343. The number of morpholine rings is 1. The van der Waals surface area contributed by atoms with Crippen LogP contribution in [0.15, 0.2) is 24.3 Å². The maximum absolute atomic E-state index is 5.38. The Bertz CT molecular complexity index is 415. The fourth-order valence-corrected chi connectivity index (χ4v) is 3.12. The maximum Gasteiger partial charge on any atom is 0.0594 e. The van der Waals surface area contributed by atoms with Crippen LogP contribution in [0, 0.1) is 0 Å². The molecule has 3 nitrogen and oxygen atoms in total. The van der Waals surface area contributed by atoms with Gasteiger partial charge in [-0.15, -0.1) is 0 Å². The molecular weight excluding hydrogens is 236 g/mol. The zero-order valence-electron chi connectivity index (χ0n) is 11.8. The minimum absolute atomic E-state index is 0.561. The first-order chi connectivity index (χ1) is 9.33. The zero-order valence-corrected chi connectivity index (χ0v) is 11.8. The van der Waals surface area contributed by atoms with E-state index in [1.165, 1.54) is 12.0 Å². The summed E-state index contributed by atoms with van der Waals surface area (Å²) in [5.41, 5.74) is 3.09. The molecule has 1 N–H and O–H groups in total. The molecule has 1 heterocycles. The van der Waals surface area contributed by atoms with Crippen molar-refractivity contribution in [1.82, 2.24) is 10.2 Å². The number of hydrogen-bond acceptors (Lipinski definition) is 3. The average molecular weight is 260 g/mol. The highest BCUT2D eigenvalue weighted by molar-refractivity contribution is 5.40. The van der Waals surface area contributed by atoms with Crippen molar-refractivity contribution in [2.45, 2.75) is 25.3 Å². The topological polar surface area (TPSA) is 24.5 Å². The smallest absolute Gasteiger partial charge is 0.0594 e. The van der Waals surface area contributed by atoms with E-state index in [0.717, 1.165) is 45.3 Å². The van der Waals surface area contributed by atoms with E-state index in [4.69, 9.17) is 4.74 Å². The van der Waals surface area contributed by atoms with Crippen molar-refractivity contribution in [3.05, 3.63) is 35.4 Å². The molecule has 1 aliphatic heterocycles. The van der Waals surface area contributed by atoms with Crippen molar-refractivity contribution < 1.29 is 4.74 Å². The molecule has 0 bridgehead atoms. The number of hydrogen-bond donors (Lipinski definition) is 1. The molecule has 3 rings (SSSR count). The second-order valence-corrected chi connectivity index (χ2v) is 5.82. The predicted molar refractivity (Wildman–Crippen MR) is 77.6 cm³/mol. The SMILES string of the molecule is CC(CN1CCOCC1)NCC1Cc2ccccc21. The van der Waals surface area contributed by atoms with Gasteiger partial charge in [-0.3, -0.25) is 4.90 Å². The third kappa shape index (κ3) is 3.16. The Morgan fingerprint density at radius 1 is 1.32 bits per heavy atom. The third-order valence-electron chi connectivity index (χ3n) is 4.31. The molecule has 19 heavy (non-hydrogen) atoms. The lowest BCUT2D eigenvalue weighted by atomic mass is 9.77. The van der Waals surface area contributed by atoms with Crippen LogP contribution in [0.3, 0.4) is 0 Å². The zero-order chi connectivity index (χ0) is 13.1. The highest BCUT2D eigenvalue weighted by Gasteiger charge is 2.25. The molecule has 0 radical (unpaired) electrons. The van der Waals surface area contributed by atoms with Crippen LogP contribution in [-0.2, 0) is 11.2 Å². The standard InChI is InChI=1S/C16H24N2O/c1-13(12-18-6-8-19-9-7-18)17-11-15-10-14-4-2-3-5-16(14)15/h2-5,13,15,17H,6-12H2,1H3. The summed E-state index contributed by atoms with van der Waals surface area (Å²) < 4.78 is 5.38. The summed E-state index contributed by atoms with van der Waals surface area (Å²) >= 11 is 0. The Kier molecular flexibility index (Phi) is 4.16. The number of nitrogens with zero attached hydrogens (tertiary/aromatic N) is 1. The van der Waals surface area contributed by atoms with Crippen LogP contribution < -0.4 is 5.32 Å². The summed E-state index contributed by atoms with van der Waals surface area (Å²) in [6.07, 6.45) is 1.24. The highest BCUT2D eigenvalue weighted by Crippen LogP contribution is 2.34. The molecule has 0 aromatic heterocycles. The van der Waals surface area contributed by atoms with E-state index < -0.39 is 0 Å². The van der Waals surface area contributed by atoms with E-state index in [2.05, 4.69) is 41.4 Å². The number of benzene rings is 1. The molecule has 3 heteroatoms. The Morgan fingerprint density at radius 2 is 2.11 bits per heavy atom. The average Bonchev–Trinajstić information content (AvgIpc) is 2.41. The summed E-state index contributed by atoms with van der Waals surface area (Å²) in [6, 6.07) is 9.39. The van der Waals surface area contributed by atoms with Crippen LogP contribution in [0.4, 0.5) is 0 Å². The summed E-state index contributed by atoms with van der Waals surface area (Å²) in [7, 11) is 0. The van der Waals surface area contributed by atoms with Crippen LogP contribution in [0.1, 0.15) is 24.0 Å². The summed E-state index contributed by atoms with van der Waals surface area (Å²) in [5, 5.41) is 3.69. The first-order valence-corrected chi connectivity index (χ1v) is 7.44. The van der Waals surface area contributed by atoms with Crippen LogP contribution in [0.25, 0.3) is 0 Å². The van der Waals surface area contributed by atoms with Gasteiger partial charge in [0.2, 0.25) is 0 Å². The van der Waals surface area contributed by atoms with Crippen molar-refractivity contribution in [1.29, 1.82) is 0 Å². The van der Waals surface area contributed by atoms with Gasteiger partial charge in [-0.1, -0.05) is 24.3 Å². The fourth-order valence-electron chi connectivity index (χ4n) is 3.12. The molecule has 0 amide bonds. The number of ether oxygens (including phenoxy) is 1. The van der Waals surface area contributed by atoms with E-state index in [0.29, 0.717) is 6.04 Å².